The van der Waals surface area contributed by atoms with E-state index in [-0.39, 0.29) is 0 Å². The van der Waals surface area contributed by atoms with Gasteiger partial charge in [-0.2, -0.15) is 0 Å². The van der Waals surface area contributed by atoms with Gasteiger partial charge in [0, 0.05) is 23.4 Å². The van der Waals surface area contributed by atoms with E-state index in [1.54, 1.807) is 0 Å². The number of rotatable bonds is 3. The molecule has 2 rings (SSSR count). The average Bonchev–Trinajstić information content (AvgIpc) is 2.56. The van der Waals surface area contributed by atoms with Gasteiger partial charge in [-0.3, -0.25) is 0 Å². The summed E-state index contributed by atoms with van der Waals surface area (Å²) in [7, 11) is 1.93. The molecule has 0 atom stereocenters. The minimum Gasteiger partial charge on any atom is -0.461 e. The second-order valence-corrected chi connectivity index (χ2v) is 3.68. The van der Waals surface area contributed by atoms with Crippen LogP contribution in [0.3, 0.4) is 0 Å². The zero-order valence-electron chi connectivity index (χ0n) is 8.01. The SMILES string of the molecule is CNCCc1cc2cc(Cl)ccc2o1. The average molecular weight is 210 g/mol. The van der Waals surface area contributed by atoms with Crippen LogP contribution in [-0.2, 0) is 6.42 Å². The molecule has 0 aliphatic carbocycles. The first kappa shape index (κ1) is 9.56. The fourth-order valence-electron chi connectivity index (χ4n) is 1.44. The first-order valence-corrected chi connectivity index (χ1v) is 5.00. The summed E-state index contributed by atoms with van der Waals surface area (Å²) in [5.74, 6) is 0.997. The van der Waals surface area contributed by atoms with Crippen LogP contribution in [0.4, 0.5) is 0 Å². The Morgan fingerprint density at radius 1 is 1.36 bits per heavy atom. The van der Waals surface area contributed by atoms with Crippen molar-refractivity contribution < 1.29 is 4.42 Å². The van der Waals surface area contributed by atoms with Crippen LogP contribution in [0.1, 0.15) is 5.76 Å². The Kier molecular flexibility index (Phi) is 2.75. The molecular formula is C11H12ClNO. The number of halogens is 1. The van der Waals surface area contributed by atoms with Gasteiger partial charge in [-0.25, -0.2) is 0 Å². The van der Waals surface area contributed by atoms with Gasteiger partial charge in [0.1, 0.15) is 11.3 Å². The third kappa shape index (κ3) is 1.91. The maximum atomic E-state index is 5.88. The highest BCUT2D eigenvalue weighted by molar-refractivity contribution is 6.31. The number of fused-ring (bicyclic) bond motifs is 1. The normalized spacial score (nSPS) is 11.0. The molecule has 0 saturated heterocycles. The van der Waals surface area contributed by atoms with Crippen LogP contribution in [0.5, 0.6) is 0 Å². The largest absolute Gasteiger partial charge is 0.461 e. The topological polar surface area (TPSA) is 25.2 Å². The number of likely N-dealkylation sites (N-methyl/N-ethyl adjacent to an activating group) is 1. The molecule has 0 amide bonds. The highest BCUT2D eigenvalue weighted by atomic mass is 35.5. The van der Waals surface area contributed by atoms with Crippen LogP contribution in [-0.4, -0.2) is 13.6 Å². The van der Waals surface area contributed by atoms with Crippen molar-refractivity contribution in [2.75, 3.05) is 13.6 Å². The highest BCUT2D eigenvalue weighted by Crippen LogP contribution is 2.22. The highest BCUT2D eigenvalue weighted by Gasteiger charge is 2.03. The Hall–Kier alpha value is -0.990. The van der Waals surface area contributed by atoms with Crippen molar-refractivity contribution in [1.82, 2.24) is 5.32 Å². The van der Waals surface area contributed by atoms with Gasteiger partial charge in [0.2, 0.25) is 0 Å². The van der Waals surface area contributed by atoms with Gasteiger partial charge in [0.15, 0.2) is 0 Å². The molecule has 0 radical (unpaired) electrons. The molecule has 0 saturated carbocycles. The molecule has 1 aromatic heterocycles. The number of nitrogens with one attached hydrogen (secondary N) is 1. The summed E-state index contributed by atoms with van der Waals surface area (Å²) < 4.78 is 5.63. The molecule has 0 aliphatic heterocycles. The van der Waals surface area contributed by atoms with Crippen LogP contribution in [0.15, 0.2) is 28.7 Å². The molecule has 1 N–H and O–H groups in total. The van der Waals surface area contributed by atoms with E-state index in [0.29, 0.717) is 0 Å². The number of hydrogen-bond acceptors (Lipinski definition) is 2. The molecule has 2 nitrogen and oxygen atoms in total. The van der Waals surface area contributed by atoms with Crippen LogP contribution in [0.2, 0.25) is 5.02 Å². The van der Waals surface area contributed by atoms with Crippen LogP contribution in [0.25, 0.3) is 11.0 Å². The van der Waals surface area contributed by atoms with E-state index >= 15 is 0 Å². The van der Waals surface area contributed by atoms with E-state index in [4.69, 9.17) is 16.0 Å². The summed E-state index contributed by atoms with van der Waals surface area (Å²) in [5.41, 5.74) is 0.903. The Labute approximate surface area is 87.9 Å². The van der Waals surface area contributed by atoms with Gasteiger partial charge in [0.05, 0.1) is 0 Å². The number of benzene rings is 1. The van der Waals surface area contributed by atoms with Crippen molar-refractivity contribution in [2.45, 2.75) is 6.42 Å². The van der Waals surface area contributed by atoms with Crippen LogP contribution in [0, 0.1) is 0 Å². The molecule has 2 aromatic rings. The molecule has 0 bridgehead atoms. The van der Waals surface area contributed by atoms with Crippen molar-refractivity contribution in [3.63, 3.8) is 0 Å². The lowest BCUT2D eigenvalue weighted by atomic mass is 10.2. The summed E-state index contributed by atoms with van der Waals surface area (Å²) in [5, 5.41) is 4.91. The fourth-order valence-corrected chi connectivity index (χ4v) is 1.62. The molecule has 14 heavy (non-hydrogen) atoms. The molecule has 0 fully saturated rings. The lowest BCUT2D eigenvalue weighted by Gasteiger charge is -1.93. The van der Waals surface area contributed by atoms with E-state index in [2.05, 4.69) is 5.32 Å². The molecule has 0 spiro atoms. The molecule has 3 heteroatoms. The maximum Gasteiger partial charge on any atom is 0.134 e. The van der Waals surface area contributed by atoms with E-state index in [0.717, 1.165) is 34.7 Å². The summed E-state index contributed by atoms with van der Waals surface area (Å²) in [6, 6.07) is 7.71. The zero-order chi connectivity index (χ0) is 9.97. The van der Waals surface area contributed by atoms with Crippen LogP contribution >= 0.6 is 11.6 Å². The van der Waals surface area contributed by atoms with Crippen molar-refractivity contribution in [2.24, 2.45) is 0 Å². The van der Waals surface area contributed by atoms with Gasteiger partial charge in [-0.1, -0.05) is 11.6 Å². The first-order valence-electron chi connectivity index (χ1n) is 4.62. The second-order valence-electron chi connectivity index (χ2n) is 3.25. The predicted octanol–water partition coefficient (Wildman–Crippen LogP) is 2.85. The quantitative estimate of drug-likeness (QED) is 0.841. The molecule has 74 valence electrons. The van der Waals surface area contributed by atoms with E-state index < -0.39 is 0 Å². The third-order valence-electron chi connectivity index (χ3n) is 2.15. The molecule has 1 heterocycles. The third-order valence-corrected chi connectivity index (χ3v) is 2.39. The van der Waals surface area contributed by atoms with Crippen molar-refractivity contribution in [1.29, 1.82) is 0 Å². The molecule has 1 aromatic carbocycles. The van der Waals surface area contributed by atoms with Gasteiger partial charge < -0.3 is 9.73 Å². The molecule has 0 unspecified atom stereocenters. The summed E-state index contributed by atoms with van der Waals surface area (Å²) in [6.07, 6.45) is 0.906. The van der Waals surface area contributed by atoms with Gasteiger partial charge in [-0.15, -0.1) is 0 Å². The monoisotopic (exact) mass is 209 g/mol. The van der Waals surface area contributed by atoms with E-state index in [1.165, 1.54) is 0 Å². The number of hydrogen-bond donors (Lipinski definition) is 1. The summed E-state index contributed by atoms with van der Waals surface area (Å²) in [6.45, 7) is 0.924. The van der Waals surface area contributed by atoms with Gasteiger partial charge in [-0.05, 0) is 31.3 Å². The van der Waals surface area contributed by atoms with E-state index in [9.17, 15) is 0 Å². The summed E-state index contributed by atoms with van der Waals surface area (Å²) in [4.78, 5) is 0. The number of furan rings is 1. The van der Waals surface area contributed by atoms with Crippen molar-refractivity contribution >= 4 is 22.6 Å². The van der Waals surface area contributed by atoms with Gasteiger partial charge in [0.25, 0.3) is 0 Å². The lowest BCUT2D eigenvalue weighted by Crippen LogP contribution is -2.09. The smallest absolute Gasteiger partial charge is 0.134 e. The first-order chi connectivity index (χ1) is 6.79. The fraction of sp³-hybridized carbons (Fsp3) is 0.273. The molecular weight excluding hydrogens is 198 g/mol. The van der Waals surface area contributed by atoms with Crippen molar-refractivity contribution in [3.8, 4) is 0 Å². The predicted molar refractivity (Wildman–Crippen MR) is 58.9 cm³/mol. The Balaban J connectivity index is 2.32. The standard InChI is InChI=1S/C11H12ClNO/c1-13-5-4-10-7-8-6-9(12)2-3-11(8)14-10/h2-3,6-7,13H,4-5H2,1H3. The van der Waals surface area contributed by atoms with Crippen LogP contribution < -0.4 is 5.32 Å². The molecule has 0 aliphatic rings. The summed E-state index contributed by atoms with van der Waals surface area (Å²) >= 11 is 5.88. The second kappa shape index (κ2) is 4.03. The van der Waals surface area contributed by atoms with E-state index in [1.807, 2.05) is 31.3 Å². The Bertz CT molecular complexity index is 436. The lowest BCUT2D eigenvalue weighted by molar-refractivity contribution is 0.541. The Morgan fingerprint density at radius 2 is 2.21 bits per heavy atom. The minimum atomic E-state index is 0.749. The van der Waals surface area contributed by atoms with Gasteiger partial charge >= 0.3 is 0 Å². The maximum absolute atomic E-state index is 5.88. The minimum absolute atomic E-state index is 0.749. The Morgan fingerprint density at radius 3 is 3.00 bits per heavy atom. The van der Waals surface area contributed by atoms with Crippen molar-refractivity contribution in [3.05, 3.63) is 35.0 Å². The zero-order valence-corrected chi connectivity index (χ0v) is 8.77.